The molecule has 6 nitrogen and oxygen atoms in total. The predicted molar refractivity (Wildman–Crippen MR) is 307 cm³/mol. The lowest BCUT2D eigenvalue weighted by Crippen LogP contribution is -2.30. The van der Waals surface area contributed by atoms with Crippen molar-refractivity contribution < 1.29 is 28.6 Å². The Morgan fingerprint density at radius 3 is 0.859 bits per heavy atom. The van der Waals surface area contributed by atoms with E-state index in [2.05, 4.69) is 118 Å². The first-order valence-corrected chi connectivity index (χ1v) is 29.7. The first kappa shape index (κ1) is 67.3. The second-order valence-corrected chi connectivity index (χ2v) is 19.5. The molecule has 406 valence electrons. The monoisotopic (exact) mass is 987 g/mol. The van der Waals surface area contributed by atoms with Crippen molar-refractivity contribution >= 4 is 17.9 Å². The van der Waals surface area contributed by atoms with Crippen molar-refractivity contribution in [2.24, 2.45) is 0 Å². The smallest absolute Gasteiger partial charge is 0.306 e. The van der Waals surface area contributed by atoms with Crippen molar-refractivity contribution in [1.29, 1.82) is 0 Å². The van der Waals surface area contributed by atoms with Crippen LogP contribution in [0.3, 0.4) is 0 Å². The van der Waals surface area contributed by atoms with Crippen LogP contribution in [0.5, 0.6) is 0 Å². The van der Waals surface area contributed by atoms with Gasteiger partial charge in [-0.2, -0.15) is 0 Å². The fourth-order valence-electron chi connectivity index (χ4n) is 8.12. The average molecular weight is 988 g/mol. The molecule has 0 rings (SSSR count). The number of hydrogen-bond acceptors (Lipinski definition) is 6. The van der Waals surface area contributed by atoms with Gasteiger partial charge in [0.2, 0.25) is 0 Å². The van der Waals surface area contributed by atoms with Gasteiger partial charge in [0.1, 0.15) is 13.2 Å². The summed E-state index contributed by atoms with van der Waals surface area (Å²) < 4.78 is 16.8. The molecule has 0 saturated carbocycles. The number of hydrogen-bond donors (Lipinski definition) is 0. The van der Waals surface area contributed by atoms with Crippen molar-refractivity contribution in [1.82, 2.24) is 0 Å². The van der Waals surface area contributed by atoms with Crippen LogP contribution in [0.2, 0.25) is 0 Å². The van der Waals surface area contributed by atoms with E-state index in [1.807, 2.05) is 0 Å². The van der Waals surface area contributed by atoms with Gasteiger partial charge in [0.25, 0.3) is 0 Å². The predicted octanol–water partition coefficient (Wildman–Crippen LogP) is 20.1. The first-order valence-electron chi connectivity index (χ1n) is 29.7. The summed E-state index contributed by atoms with van der Waals surface area (Å²) in [6.45, 7) is 6.47. The minimum absolute atomic E-state index is 0.0838. The van der Waals surface area contributed by atoms with E-state index in [4.69, 9.17) is 14.2 Å². The van der Waals surface area contributed by atoms with Gasteiger partial charge in [0, 0.05) is 19.3 Å². The zero-order valence-electron chi connectivity index (χ0n) is 46.5. The molecule has 0 aliphatic rings. The fraction of sp³-hybridized carbons (Fsp3) is 0.708. The Hall–Kier alpha value is -3.67. The number of rotatable bonds is 53. The van der Waals surface area contributed by atoms with Gasteiger partial charge in [-0.05, 0) is 103 Å². The van der Waals surface area contributed by atoms with E-state index in [0.717, 1.165) is 116 Å². The van der Waals surface area contributed by atoms with E-state index in [9.17, 15) is 14.4 Å². The van der Waals surface area contributed by atoms with Crippen molar-refractivity contribution in [3.05, 3.63) is 97.2 Å². The molecule has 0 aliphatic carbocycles. The highest BCUT2D eigenvalue weighted by Crippen LogP contribution is 2.15. The normalized spacial score (nSPS) is 12.8. The summed E-state index contributed by atoms with van der Waals surface area (Å²) in [7, 11) is 0. The molecule has 0 fully saturated rings. The van der Waals surface area contributed by atoms with Gasteiger partial charge < -0.3 is 14.2 Å². The summed E-state index contributed by atoms with van der Waals surface area (Å²) in [6.07, 6.45) is 78.5. The standard InChI is InChI=1S/C65H110O6/c1-4-7-10-13-16-18-20-22-24-26-28-30-32-34-36-38-40-42-44-46-49-52-55-58-64(67)70-61-62(60-69-63(66)57-54-51-48-15-12-9-6-3)71-65(68)59-56-53-50-47-45-43-41-39-37-35-33-31-29-27-25-23-21-19-17-14-11-8-5-2/h7,10,16,18,21-24,27-30,33-36,62H,4-6,8-9,11-15,17,19-20,25-26,31-32,37-61H2,1-3H3/b10-7-,18-16-,23-21-,24-22-,29-27-,30-28-,35-33-,36-34-. The summed E-state index contributed by atoms with van der Waals surface area (Å²) in [5.74, 6) is -0.906. The minimum atomic E-state index is -0.785. The van der Waals surface area contributed by atoms with Crippen molar-refractivity contribution in [3.8, 4) is 0 Å². The van der Waals surface area contributed by atoms with Crippen molar-refractivity contribution in [2.75, 3.05) is 13.2 Å². The number of carbonyl (C=O) groups is 3. The van der Waals surface area contributed by atoms with Gasteiger partial charge in [0.05, 0.1) is 0 Å². The zero-order chi connectivity index (χ0) is 51.4. The third kappa shape index (κ3) is 57.1. The maximum atomic E-state index is 12.8. The highest BCUT2D eigenvalue weighted by atomic mass is 16.6. The molecule has 71 heavy (non-hydrogen) atoms. The summed E-state index contributed by atoms with van der Waals surface area (Å²) in [5.41, 5.74) is 0. The SMILES string of the molecule is CC/C=C\C/C=C\C/C=C\C/C=C\C/C=C\CCCCCCCCCC(=O)OCC(COC(=O)CCCCCCCCC)OC(=O)CCCCCCCCCC/C=C\C/C=C\C/C=C\CCCCCCC. The molecule has 0 aromatic carbocycles. The Labute approximate surface area is 438 Å². The summed E-state index contributed by atoms with van der Waals surface area (Å²) in [5, 5.41) is 0. The van der Waals surface area contributed by atoms with Crippen LogP contribution in [0.25, 0.3) is 0 Å². The summed E-state index contributed by atoms with van der Waals surface area (Å²) in [4.78, 5) is 38.0. The molecule has 0 aliphatic heterocycles. The highest BCUT2D eigenvalue weighted by Gasteiger charge is 2.19. The maximum absolute atomic E-state index is 12.8. The summed E-state index contributed by atoms with van der Waals surface area (Å²) >= 11 is 0. The van der Waals surface area contributed by atoms with Gasteiger partial charge in [-0.25, -0.2) is 0 Å². The molecule has 0 spiro atoms. The first-order chi connectivity index (χ1) is 35.0. The van der Waals surface area contributed by atoms with E-state index in [1.54, 1.807) is 0 Å². The quantitative estimate of drug-likeness (QED) is 0.0261. The van der Waals surface area contributed by atoms with Crippen LogP contribution in [-0.2, 0) is 28.6 Å². The lowest BCUT2D eigenvalue weighted by Gasteiger charge is -2.18. The molecule has 0 saturated heterocycles. The molecule has 0 aromatic rings. The molecule has 0 aromatic heterocycles. The number of esters is 3. The van der Waals surface area contributed by atoms with E-state index in [0.29, 0.717) is 19.3 Å². The van der Waals surface area contributed by atoms with Gasteiger partial charge in [-0.3, -0.25) is 14.4 Å². The number of unbranched alkanes of at least 4 members (excludes halogenated alkanes) is 26. The lowest BCUT2D eigenvalue weighted by atomic mass is 10.1. The van der Waals surface area contributed by atoms with E-state index in [1.165, 1.54) is 122 Å². The van der Waals surface area contributed by atoms with Crippen molar-refractivity contribution in [3.63, 3.8) is 0 Å². The second-order valence-electron chi connectivity index (χ2n) is 19.5. The number of ether oxygens (including phenoxy) is 3. The average Bonchev–Trinajstić information content (AvgIpc) is 3.37. The molecule has 0 radical (unpaired) electrons. The van der Waals surface area contributed by atoms with E-state index >= 15 is 0 Å². The molecule has 1 unspecified atom stereocenters. The molecule has 0 N–H and O–H groups in total. The molecule has 1 atom stereocenters. The topological polar surface area (TPSA) is 78.9 Å². The fourth-order valence-corrected chi connectivity index (χ4v) is 8.12. The Bertz CT molecular complexity index is 1410. The van der Waals surface area contributed by atoms with Crippen LogP contribution in [0.15, 0.2) is 97.2 Å². The van der Waals surface area contributed by atoms with Gasteiger partial charge in [0.15, 0.2) is 6.10 Å². The van der Waals surface area contributed by atoms with Crippen LogP contribution >= 0.6 is 0 Å². The molecular formula is C65H110O6. The molecule has 6 heteroatoms. The van der Waals surface area contributed by atoms with Gasteiger partial charge in [-0.15, -0.1) is 0 Å². The van der Waals surface area contributed by atoms with Crippen LogP contribution in [0.4, 0.5) is 0 Å². The maximum Gasteiger partial charge on any atom is 0.306 e. The zero-order valence-corrected chi connectivity index (χ0v) is 46.5. The van der Waals surface area contributed by atoms with Crippen LogP contribution in [-0.4, -0.2) is 37.2 Å². The molecule has 0 amide bonds. The van der Waals surface area contributed by atoms with Crippen LogP contribution < -0.4 is 0 Å². The van der Waals surface area contributed by atoms with Crippen LogP contribution in [0.1, 0.15) is 278 Å². The molecule has 0 bridgehead atoms. The third-order valence-corrected chi connectivity index (χ3v) is 12.6. The Balaban J connectivity index is 4.24. The molecular weight excluding hydrogens is 877 g/mol. The largest absolute Gasteiger partial charge is 0.462 e. The lowest BCUT2D eigenvalue weighted by molar-refractivity contribution is -0.167. The number of allylic oxidation sites excluding steroid dienone is 16. The van der Waals surface area contributed by atoms with E-state index < -0.39 is 6.10 Å². The molecule has 0 heterocycles. The third-order valence-electron chi connectivity index (χ3n) is 12.6. The van der Waals surface area contributed by atoms with Crippen LogP contribution in [0, 0.1) is 0 Å². The summed E-state index contributed by atoms with van der Waals surface area (Å²) in [6, 6.07) is 0. The van der Waals surface area contributed by atoms with E-state index in [-0.39, 0.29) is 31.1 Å². The number of carbonyl (C=O) groups excluding carboxylic acids is 3. The minimum Gasteiger partial charge on any atom is -0.462 e. The van der Waals surface area contributed by atoms with Gasteiger partial charge >= 0.3 is 17.9 Å². The second kappa shape index (κ2) is 58.9. The Morgan fingerprint density at radius 1 is 0.296 bits per heavy atom. The highest BCUT2D eigenvalue weighted by molar-refractivity contribution is 5.71. The van der Waals surface area contributed by atoms with Crippen molar-refractivity contribution in [2.45, 2.75) is 284 Å². The Kier molecular flexibility index (Phi) is 55.9. The Morgan fingerprint density at radius 2 is 0.549 bits per heavy atom. The van der Waals surface area contributed by atoms with Gasteiger partial charge in [-0.1, -0.05) is 253 Å².